The molecule has 0 unspecified atom stereocenters. The summed E-state index contributed by atoms with van der Waals surface area (Å²) >= 11 is 0. The summed E-state index contributed by atoms with van der Waals surface area (Å²) in [6.07, 6.45) is 0. The minimum absolute atomic E-state index is 0.103. The zero-order valence-electron chi connectivity index (χ0n) is 10.3. The Morgan fingerprint density at radius 1 is 1.20 bits per heavy atom. The lowest BCUT2D eigenvalue weighted by atomic mass is 10.1. The van der Waals surface area contributed by atoms with Gasteiger partial charge in [-0.15, -0.1) is 0 Å². The van der Waals surface area contributed by atoms with Crippen LogP contribution in [0.2, 0.25) is 0 Å². The molecule has 6 nitrogen and oxygen atoms in total. The first-order valence-electron chi connectivity index (χ1n) is 5.78. The molecule has 2 rings (SSSR count). The molecule has 3 N–H and O–H groups in total. The van der Waals surface area contributed by atoms with Gasteiger partial charge in [0.1, 0.15) is 5.82 Å². The molecule has 0 heterocycles. The van der Waals surface area contributed by atoms with E-state index in [0.29, 0.717) is 0 Å². The second-order valence-electron chi connectivity index (χ2n) is 4.00. The van der Waals surface area contributed by atoms with Crippen molar-refractivity contribution in [3.8, 4) is 5.75 Å². The van der Waals surface area contributed by atoms with E-state index in [9.17, 15) is 19.6 Å². The van der Waals surface area contributed by atoms with E-state index in [1.165, 1.54) is 0 Å². The van der Waals surface area contributed by atoms with Gasteiger partial charge >= 0.3 is 5.69 Å². The molecule has 20 heavy (non-hydrogen) atoms. The third-order valence-corrected chi connectivity index (χ3v) is 2.67. The van der Waals surface area contributed by atoms with E-state index in [2.05, 4.69) is 10.9 Å². The molecular weight excluding hydrogens is 265 g/mol. The molecule has 0 bridgehead atoms. The quantitative estimate of drug-likeness (QED) is 0.577. The Labute approximate surface area is 114 Å². The first kappa shape index (κ1) is 13.8. The molecule has 0 amide bonds. The highest BCUT2D eigenvalue weighted by Gasteiger charge is 2.20. The van der Waals surface area contributed by atoms with E-state index in [0.717, 1.165) is 17.8 Å². The lowest BCUT2D eigenvalue weighted by Gasteiger charge is -2.10. The average Bonchev–Trinajstić information content (AvgIpc) is 2.43. The number of phenols is 1. The molecule has 0 spiro atoms. The molecule has 0 atom stereocenters. The van der Waals surface area contributed by atoms with Gasteiger partial charge in [0.25, 0.3) is 0 Å². The minimum Gasteiger partial charge on any atom is -0.502 e. The van der Waals surface area contributed by atoms with Crippen molar-refractivity contribution >= 4 is 11.4 Å². The van der Waals surface area contributed by atoms with Gasteiger partial charge in [-0.3, -0.25) is 10.1 Å². The van der Waals surface area contributed by atoms with E-state index in [4.69, 9.17) is 0 Å². The Bertz CT molecular complexity index is 620. The fourth-order valence-electron chi connectivity index (χ4n) is 1.67. The fourth-order valence-corrected chi connectivity index (χ4v) is 1.67. The lowest BCUT2D eigenvalue weighted by molar-refractivity contribution is -0.386. The summed E-state index contributed by atoms with van der Waals surface area (Å²) in [5.74, 6) is -1.38. The van der Waals surface area contributed by atoms with Gasteiger partial charge in [-0.2, -0.15) is 0 Å². The van der Waals surface area contributed by atoms with Gasteiger partial charge in [0.05, 0.1) is 10.5 Å². The Morgan fingerprint density at radius 2 is 1.90 bits per heavy atom. The number of halogens is 1. The van der Waals surface area contributed by atoms with Crippen LogP contribution in [0.1, 0.15) is 5.56 Å². The molecule has 0 aliphatic rings. The van der Waals surface area contributed by atoms with E-state index >= 15 is 0 Å². The minimum atomic E-state index is -0.761. The topological polar surface area (TPSA) is 87.4 Å². The molecule has 0 aliphatic carbocycles. The highest BCUT2D eigenvalue weighted by molar-refractivity contribution is 5.51. The van der Waals surface area contributed by atoms with Gasteiger partial charge in [-0.05, 0) is 18.2 Å². The normalized spacial score (nSPS) is 10.2. The van der Waals surface area contributed by atoms with Crippen molar-refractivity contribution in [3.05, 3.63) is 64.0 Å². The molecule has 0 saturated heterocycles. The standard InChI is InChI=1S/C13H12FN3O3/c14-11-6-7-12(17(19)20)13(18)10(11)8-15-16-9-4-2-1-3-5-9/h1-7,15-16,18H,8H2. The van der Waals surface area contributed by atoms with Crippen molar-refractivity contribution in [2.45, 2.75) is 6.54 Å². The van der Waals surface area contributed by atoms with Gasteiger partial charge in [0.15, 0.2) is 0 Å². The predicted molar refractivity (Wildman–Crippen MR) is 71.6 cm³/mol. The second kappa shape index (κ2) is 5.98. The van der Waals surface area contributed by atoms with Crippen LogP contribution in [0.5, 0.6) is 5.75 Å². The molecule has 0 fully saturated rings. The van der Waals surface area contributed by atoms with Crippen LogP contribution in [0.3, 0.4) is 0 Å². The van der Waals surface area contributed by atoms with E-state index in [1.54, 1.807) is 12.1 Å². The number of anilines is 1. The summed E-state index contributed by atoms with van der Waals surface area (Å²) in [7, 11) is 0. The molecule has 104 valence electrons. The first-order valence-corrected chi connectivity index (χ1v) is 5.78. The molecule has 0 aromatic heterocycles. The zero-order valence-corrected chi connectivity index (χ0v) is 10.3. The SMILES string of the molecule is O=[N+]([O-])c1ccc(F)c(CNNc2ccccc2)c1O. The number of hydrazine groups is 1. The van der Waals surface area contributed by atoms with Crippen LogP contribution >= 0.6 is 0 Å². The van der Waals surface area contributed by atoms with Crippen LogP contribution in [0.25, 0.3) is 0 Å². The number of nitrogens with one attached hydrogen (secondary N) is 2. The third kappa shape index (κ3) is 3.01. The van der Waals surface area contributed by atoms with Gasteiger partial charge in [0, 0.05) is 18.3 Å². The number of rotatable bonds is 5. The number of phenolic OH excluding ortho intramolecular Hbond substituents is 1. The van der Waals surface area contributed by atoms with Crippen molar-refractivity contribution in [3.63, 3.8) is 0 Å². The summed E-state index contributed by atoms with van der Waals surface area (Å²) in [4.78, 5) is 9.91. The molecule has 2 aromatic carbocycles. The summed E-state index contributed by atoms with van der Waals surface area (Å²) in [6.45, 7) is -0.103. The van der Waals surface area contributed by atoms with Crippen LogP contribution in [0.4, 0.5) is 15.8 Å². The highest BCUT2D eigenvalue weighted by atomic mass is 19.1. The number of aromatic hydroxyl groups is 1. The van der Waals surface area contributed by atoms with Gasteiger partial charge in [0.2, 0.25) is 5.75 Å². The number of nitro benzene ring substituents is 1. The van der Waals surface area contributed by atoms with Crippen molar-refractivity contribution in [2.24, 2.45) is 0 Å². The van der Waals surface area contributed by atoms with E-state index < -0.39 is 22.2 Å². The van der Waals surface area contributed by atoms with Crippen LogP contribution in [-0.2, 0) is 6.54 Å². The van der Waals surface area contributed by atoms with E-state index in [-0.39, 0.29) is 12.1 Å². The Morgan fingerprint density at radius 3 is 2.55 bits per heavy atom. The molecule has 7 heteroatoms. The third-order valence-electron chi connectivity index (χ3n) is 2.67. The number of nitrogens with zero attached hydrogens (tertiary/aromatic N) is 1. The number of benzene rings is 2. The predicted octanol–water partition coefficient (Wildman–Crippen LogP) is 2.56. The number of hydrogen-bond acceptors (Lipinski definition) is 5. The zero-order chi connectivity index (χ0) is 14.5. The van der Waals surface area contributed by atoms with Crippen molar-refractivity contribution in [1.82, 2.24) is 5.43 Å². The molecule has 2 aromatic rings. The van der Waals surface area contributed by atoms with Gasteiger partial charge in [-0.25, -0.2) is 9.82 Å². The Balaban J connectivity index is 2.09. The first-order chi connectivity index (χ1) is 9.59. The number of nitro groups is 1. The van der Waals surface area contributed by atoms with Gasteiger partial charge in [-0.1, -0.05) is 18.2 Å². The van der Waals surface area contributed by atoms with Crippen molar-refractivity contribution in [2.75, 3.05) is 5.43 Å². The summed E-state index contributed by atoms with van der Waals surface area (Å²) in [6, 6.07) is 10.9. The average molecular weight is 277 g/mol. The Kier molecular flexibility index (Phi) is 4.11. The van der Waals surface area contributed by atoms with Crippen molar-refractivity contribution in [1.29, 1.82) is 0 Å². The molecule has 0 radical (unpaired) electrons. The van der Waals surface area contributed by atoms with Crippen LogP contribution < -0.4 is 10.9 Å². The monoisotopic (exact) mass is 277 g/mol. The maximum absolute atomic E-state index is 13.6. The van der Waals surface area contributed by atoms with Crippen LogP contribution in [0, 0.1) is 15.9 Å². The highest BCUT2D eigenvalue weighted by Crippen LogP contribution is 2.31. The summed E-state index contributed by atoms with van der Waals surface area (Å²) < 4.78 is 13.6. The molecule has 0 aliphatic heterocycles. The smallest absolute Gasteiger partial charge is 0.311 e. The molecule has 0 saturated carbocycles. The maximum Gasteiger partial charge on any atom is 0.311 e. The summed E-state index contributed by atoms with van der Waals surface area (Å²) in [5, 5.41) is 20.4. The largest absolute Gasteiger partial charge is 0.502 e. The summed E-state index contributed by atoms with van der Waals surface area (Å²) in [5.41, 5.74) is 5.55. The van der Waals surface area contributed by atoms with Gasteiger partial charge < -0.3 is 10.5 Å². The van der Waals surface area contributed by atoms with Crippen LogP contribution in [0.15, 0.2) is 42.5 Å². The molecular formula is C13H12FN3O3. The van der Waals surface area contributed by atoms with Crippen molar-refractivity contribution < 1.29 is 14.4 Å². The second-order valence-corrected chi connectivity index (χ2v) is 4.00. The Hall–Kier alpha value is -2.67. The maximum atomic E-state index is 13.6. The number of hydrogen-bond donors (Lipinski definition) is 3. The van der Waals surface area contributed by atoms with Crippen LogP contribution in [-0.4, -0.2) is 10.0 Å². The van der Waals surface area contributed by atoms with E-state index in [1.807, 2.05) is 18.2 Å². The lowest BCUT2D eigenvalue weighted by Crippen LogP contribution is -2.21. The number of para-hydroxylation sites is 1. The fraction of sp³-hybridized carbons (Fsp3) is 0.0769.